The fraction of sp³-hybridized carbons (Fsp3) is 0.548. The molecule has 1 aromatic carbocycles. The average Bonchev–Trinajstić information content (AvgIpc) is 3.51. The minimum absolute atomic E-state index is 0.0533. The number of aromatic nitrogens is 1. The number of nitrogens with zero attached hydrogens (tertiary/aromatic N) is 3. The molecule has 284 valence electrons. The number of rotatable bonds is 13. The summed E-state index contributed by atoms with van der Waals surface area (Å²) in [7, 11) is -3.40. The quantitative estimate of drug-likeness (QED) is 0.0486. The van der Waals surface area contributed by atoms with Gasteiger partial charge in [-0.2, -0.15) is 13.5 Å². The van der Waals surface area contributed by atoms with E-state index in [1.54, 1.807) is 19.2 Å². The molecule has 0 unspecified atom stereocenters. The number of carbonyl (C=O) groups is 3. The van der Waals surface area contributed by atoms with Gasteiger partial charge < -0.3 is 41.5 Å². The summed E-state index contributed by atoms with van der Waals surface area (Å²) < 4.78 is 47.1. The smallest absolute Gasteiger partial charge is 0.418 e. The van der Waals surface area contributed by atoms with Crippen molar-refractivity contribution in [2.45, 2.75) is 94.2 Å². The molecule has 9 N–H and O–H groups in total. The molecule has 2 aromatic rings. The number of hydrogen-bond donors (Lipinski definition) is 7. The largest absolute Gasteiger partial charge is 0.485 e. The van der Waals surface area contributed by atoms with Crippen molar-refractivity contribution in [3.05, 3.63) is 40.4 Å². The summed E-state index contributed by atoms with van der Waals surface area (Å²) in [6.07, 6.45) is 2.62. The van der Waals surface area contributed by atoms with E-state index in [-0.39, 0.29) is 34.7 Å². The molecule has 2 fully saturated rings. The van der Waals surface area contributed by atoms with Crippen LogP contribution in [0.4, 0.5) is 5.13 Å². The molecule has 2 amide bonds. The highest BCUT2D eigenvalue weighted by Crippen LogP contribution is 2.36. The van der Waals surface area contributed by atoms with Gasteiger partial charge in [-0.25, -0.2) is 9.78 Å². The molecule has 0 spiro atoms. The van der Waals surface area contributed by atoms with Crippen LogP contribution in [-0.2, 0) is 45.1 Å². The number of oxime groups is 1. The first-order chi connectivity index (χ1) is 24.3. The molecule has 2 aliphatic heterocycles. The number of hydrogen-bond acceptors (Lipinski definition) is 15. The fourth-order valence-corrected chi connectivity index (χ4v) is 7.39. The van der Waals surface area contributed by atoms with E-state index in [1.807, 2.05) is 6.07 Å². The van der Waals surface area contributed by atoms with E-state index in [0.717, 1.165) is 42.6 Å². The molecule has 1 aliphatic carbocycles. The number of fused-ring (bicyclic) bond motifs is 1. The van der Waals surface area contributed by atoms with Gasteiger partial charge in [0.1, 0.15) is 23.3 Å². The average molecular weight is 767 g/mol. The van der Waals surface area contributed by atoms with E-state index in [4.69, 9.17) is 35.7 Å². The predicted molar refractivity (Wildman–Crippen MR) is 186 cm³/mol. The van der Waals surface area contributed by atoms with Crippen LogP contribution >= 0.6 is 11.3 Å². The maximum absolute atomic E-state index is 13.5. The van der Waals surface area contributed by atoms with Crippen molar-refractivity contribution in [2.24, 2.45) is 10.9 Å². The van der Waals surface area contributed by atoms with Crippen LogP contribution < -0.4 is 26.8 Å². The third kappa shape index (κ3) is 8.13. The zero-order valence-corrected chi connectivity index (χ0v) is 30.5. The summed E-state index contributed by atoms with van der Waals surface area (Å²) in [5.41, 5.74) is 9.02. The molecule has 3 atom stereocenters. The number of benzene rings is 1. The molecule has 0 bridgehead atoms. The van der Waals surface area contributed by atoms with Gasteiger partial charge in [-0.3, -0.25) is 19.6 Å². The van der Waals surface area contributed by atoms with E-state index in [1.165, 1.54) is 26.2 Å². The van der Waals surface area contributed by atoms with Gasteiger partial charge in [-0.1, -0.05) is 5.16 Å². The van der Waals surface area contributed by atoms with Crippen LogP contribution in [0.25, 0.3) is 0 Å². The second kappa shape index (κ2) is 14.5. The Labute approximate surface area is 303 Å². The zero-order valence-electron chi connectivity index (χ0n) is 28.9. The third-order valence-electron chi connectivity index (χ3n) is 9.52. The summed E-state index contributed by atoms with van der Waals surface area (Å²) in [6, 6.07) is 3.93. The van der Waals surface area contributed by atoms with E-state index in [9.17, 15) is 27.9 Å². The Balaban J connectivity index is 1.29. The summed E-state index contributed by atoms with van der Waals surface area (Å²) in [5.74, 6) is -2.83. The van der Waals surface area contributed by atoms with Crippen LogP contribution in [0.1, 0.15) is 69.7 Å². The Hall–Kier alpha value is -4.41. The van der Waals surface area contributed by atoms with E-state index in [0.29, 0.717) is 29.4 Å². The summed E-state index contributed by atoms with van der Waals surface area (Å²) in [5, 5.41) is 30.4. The molecule has 19 nitrogen and oxygen atoms in total. The highest BCUT2D eigenvalue weighted by Gasteiger charge is 2.58. The van der Waals surface area contributed by atoms with Crippen molar-refractivity contribution in [3.8, 4) is 5.75 Å². The van der Waals surface area contributed by atoms with Gasteiger partial charge >= 0.3 is 16.4 Å². The van der Waals surface area contributed by atoms with E-state index in [2.05, 4.69) is 25.1 Å². The number of carboxylic acids is 1. The zero-order chi connectivity index (χ0) is 38.2. The van der Waals surface area contributed by atoms with Crippen molar-refractivity contribution >= 4 is 56.2 Å². The Morgan fingerprint density at radius 3 is 2.52 bits per heavy atom. The second-order valence-corrected chi connectivity index (χ2v) is 15.7. The fourth-order valence-electron chi connectivity index (χ4n) is 6.38. The molecule has 3 heterocycles. The molecule has 21 heteroatoms. The Morgan fingerprint density at radius 2 is 1.94 bits per heavy atom. The first-order valence-electron chi connectivity index (χ1n) is 16.2. The lowest BCUT2D eigenvalue weighted by Gasteiger charge is -2.50. The van der Waals surface area contributed by atoms with Crippen molar-refractivity contribution in [1.29, 1.82) is 5.41 Å². The molecule has 1 saturated carbocycles. The van der Waals surface area contributed by atoms with Gasteiger partial charge in [-0.05, 0) is 83.1 Å². The van der Waals surface area contributed by atoms with E-state index >= 15 is 0 Å². The Morgan fingerprint density at radius 1 is 1.25 bits per heavy atom. The molecular formula is C31H42N8O11S2. The minimum Gasteiger partial charge on any atom is -0.485 e. The summed E-state index contributed by atoms with van der Waals surface area (Å²) in [4.78, 5) is 48.5. The highest BCUT2D eigenvalue weighted by atomic mass is 32.3. The highest BCUT2D eigenvalue weighted by molar-refractivity contribution is 7.80. The third-order valence-corrected chi connectivity index (χ3v) is 10.5. The van der Waals surface area contributed by atoms with Crippen LogP contribution in [0.5, 0.6) is 5.75 Å². The van der Waals surface area contributed by atoms with Gasteiger partial charge in [0.05, 0.1) is 12.1 Å². The number of β-lactam (4-membered cyclic amide) rings is 1. The molecule has 1 saturated heterocycles. The van der Waals surface area contributed by atoms with Crippen molar-refractivity contribution in [3.63, 3.8) is 0 Å². The number of nitrogen functional groups attached to an aromatic ring is 1. The number of amides is 2. The number of carboxylic acid groups (broad SMARTS) is 1. The Bertz CT molecular complexity index is 1880. The maximum atomic E-state index is 13.5. The Kier molecular flexibility index (Phi) is 10.9. The number of thiazole rings is 1. The summed E-state index contributed by atoms with van der Waals surface area (Å²) in [6.45, 7) is 4.46. The molecule has 3 aliphatic rings. The van der Waals surface area contributed by atoms with Crippen LogP contribution in [0.2, 0.25) is 0 Å². The van der Waals surface area contributed by atoms with Crippen molar-refractivity contribution in [1.82, 2.24) is 20.7 Å². The van der Waals surface area contributed by atoms with Crippen molar-refractivity contribution in [2.75, 3.05) is 19.5 Å². The number of methoxy groups -OCH3 is 1. The number of nitrogens with two attached hydrogens (primary N) is 2. The minimum atomic E-state index is -5.04. The molecule has 5 rings (SSSR count). The van der Waals surface area contributed by atoms with Crippen LogP contribution in [0, 0.1) is 5.41 Å². The first kappa shape index (κ1) is 38.8. The number of carbonyl (C=O) groups excluding carboxylic acids is 2. The normalized spacial score (nSPS) is 25.5. The van der Waals surface area contributed by atoms with Gasteiger partial charge in [0, 0.05) is 29.6 Å². The number of hydroxylamine groups is 2. The van der Waals surface area contributed by atoms with E-state index < -0.39 is 57.2 Å². The molecular weight excluding hydrogens is 725 g/mol. The van der Waals surface area contributed by atoms with Gasteiger partial charge in [-0.15, -0.1) is 15.6 Å². The predicted octanol–water partition coefficient (Wildman–Crippen LogP) is 0.725. The molecule has 0 radical (unpaired) electrons. The van der Waals surface area contributed by atoms with Crippen LogP contribution in [-0.4, -0.2) is 106 Å². The topological polar surface area (TPSA) is 291 Å². The van der Waals surface area contributed by atoms with Gasteiger partial charge in [0.25, 0.3) is 17.4 Å². The number of amidine groups is 1. The van der Waals surface area contributed by atoms with Crippen LogP contribution in [0.3, 0.4) is 0 Å². The standard InChI is InChI=1S/C31H42N8O11S2/c1-29(2)23(26(41)39(29)50-52(44,45)46)37-25(40)22(19-14-51-28(33)36-19)38-49-30(3,27(42)43)21-8-6-16-13-17(5-7-20(16)48-21)24(32)35-18-9-11-31(34,12-10-18)15-47-4/h5,7,13-14,18,21,23H,6,8-12,15,34H2,1-4H3,(H2,32,35)(H2,33,36)(H,37,40)(H,42,43)(H,44,45,46)/b38-22-/t18-,21-,23-,30+,31-/m1/s1. The number of nitrogens with one attached hydrogen (secondary N) is 3. The monoisotopic (exact) mass is 766 g/mol. The number of aliphatic carboxylic acids is 1. The summed E-state index contributed by atoms with van der Waals surface area (Å²) >= 11 is 0.960. The second-order valence-electron chi connectivity index (χ2n) is 13.8. The maximum Gasteiger partial charge on any atom is 0.418 e. The number of ether oxygens (including phenoxy) is 2. The lowest BCUT2D eigenvalue weighted by molar-refractivity contribution is -0.218. The van der Waals surface area contributed by atoms with Gasteiger partial charge in [0.2, 0.25) is 0 Å². The SMILES string of the molecule is COC[C@]1(N)CC[C@H](NC(=N)c2ccc3c(c2)CC[C@H]([C@](C)(O/N=C(\C(=O)N[C@@H]2C(=O)N(OS(=O)(=O)O)C2(C)C)c2csc(N)n2)C(=O)O)O3)CC1. The lowest BCUT2D eigenvalue weighted by Crippen LogP contribution is -2.76. The molecule has 52 heavy (non-hydrogen) atoms. The first-order valence-corrected chi connectivity index (χ1v) is 18.5. The molecule has 1 aromatic heterocycles. The number of aryl methyl sites for hydroxylation is 1. The van der Waals surface area contributed by atoms with Crippen molar-refractivity contribution < 1.29 is 51.1 Å². The van der Waals surface area contributed by atoms with Gasteiger partial charge in [0.15, 0.2) is 16.9 Å². The lowest BCUT2D eigenvalue weighted by atomic mass is 9.80. The number of anilines is 1. The van der Waals surface area contributed by atoms with Crippen LogP contribution in [0.15, 0.2) is 28.7 Å².